The predicted molar refractivity (Wildman–Crippen MR) is 87.7 cm³/mol. The Hall–Kier alpha value is -1.03. The van der Waals surface area contributed by atoms with Crippen LogP contribution >= 0.6 is 15.9 Å². The van der Waals surface area contributed by atoms with Gasteiger partial charge in [0, 0.05) is 24.6 Å². The van der Waals surface area contributed by atoms with Crippen LogP contribution in [0.25, 0.3) is 5.65 Å². The van der Waals surface area contributed by atoms with E-state index in [0.717, 1.165) is 16.8 Å². The zero-order valence-corrected chi connectivity index (χ0v) is 13.6. The summed E-state index contributed by atoms with van der Waals surface area (Å²) in [5.74, 6) is 1.14. The van der Waals surface area contributed by atoms with E-state index in [1.165, 1.54) is 44.2 Å². The maximum atomic E-state index is 4.85. The Morgan fingerprint density at radius 3 is 2.70 bits per heavy atom. The molecule has 0 aromatic carbocycles. The lowest BCUT2D eigenvalue weighted by atomic mass is 10.1. The maximum Gasteiger partial charge on any atom is 0.152 e. The molecule has 0 amide bonds. The summed E-state index contributed by atoms with van der Waals surface area (Å²) in [6.45, 7) is 0. The highest BCUT2D eigenvalue weighted by Gasteiger charge is 2.22. The lowest BCUT2D eigenvalue weighted by Crippen LogP contribution is -2.32. The first-order valence-electron chi connectivity index (χ1n) is 7.56. The molecule has 2 aromatic rings. The van der Waals surface area contributed by atoms with Crippen molar-refractivity contribution < 1.29 is 0 Å². The average Bonchev–Trinajstić information content (AvgIpc) is 2.65. The van der Waals surface area contributed by atoms with Crippen LogP contribution in [0.4, 0.5) is 5.82 Å². The molecule has 108 valence electrons. The second kappa shape index (κ2) is 6.17. The Morgan fingerprint density at radius 2 is 2.00 bits per heavy atom. The third-order valence-electron chi connectivity index (χ3n) is 4.44. The highest BCUT2D eigenvalue weighted by atomic mass is 79.9. The van der Waals surface area contributed by atoms with Crippen molar-refractivity contribution in [2.45, 2.75) is 49.9 Å². The van der Waals surface area contributed by atoms with Crippen LogP contribution in [0.1, 0.15) is 44.2 Å². The van der Waals surface area contributed by atoms with Gasteiger partial charge < -0.3 is 9.30 Å². The van der Waals surface area contributed by atoms with Crippen molar-refractivity contribution in [2.24, 2.45) is 0 Å². The second-order valence-corrected chi connectivity index (χ2v) is 6.26. The van der Waals surface area contributed by atoms with Crippen molar-refractivity contribution in [1.29, 1.82) is 0 Å². The quantitative estimate of drug-likeness (QED) is 0.612. The number of hydrogen-bond donors (Lipinski definition) is 0. The molecule has 1 aliphatic rings. The minimum Gasteiger partial charge on any atom is -0.355 e. The normalized spacial score (nSPS) is 17.3. The summed E-state index contributed by atoms with van der Waals surface area (Å²) in [6, 6.07) is 6.84. The van der Waals surface area contributed by atoms with Crippen LogP contribution < -0.4 is 4.90 Å². The largest absolute Gasteiger partial charge is 0.355 e. The lowest BCUT2D eigenvalue weighted by Gasteiger charge is -2.28. The van der Waals surface area contributed by atoms with Gasteiger partial charge in [-0.1, -0.05) is 47.7 Å². The summed E-state index contributed by atoms with van der Waals surface area (Å²) >= 11 is 3.63. The van der Waals surface area contributed by atoms with Gasteiger partial charge in [0.05, 0.1) is 5.69 Å². The molecule has 20 heavy (non-hydrogen) atoms. The van der Waals surface area contributed by atoms with Crippen LogP contribution in [-0.4, -0.2) is 22.5 Å². The number of imidazole rings is 1. The molecule has 1 fully saturated rings. The molecule has 0 radical (unpaired) electrons. The predicted octanol–water partition coefficient (Wildman–Crippen LogP) is 4.39. The SMILES string of the molecule is CN(c1nc2ccccn2c1CBr)C1CCCCCC1. The monoisotopic (exact) mass is 335 g/mol. The summed E-state index contributed by atoms with van der Waals surface area (Å²) in [5, 5.41) is 0.838. The van der Waals surface area contributed by atoms with Crippen molar-refractivity contribution >= 4 is 27.4 Å². The molecule has 4 heteroatoms. The molecular formula is C16H22BrN3. The summed E-state index contributed by atoms with van der Waals surface area (Å²) in [4.78, 5) is 7.26. The number of pyridine rings is 1. The molecule has 1 aliphatic carbocycles. The standard InChI is InChI=1S/C16H22BrN3/c1-19(13-8-4-2-3-5-9-13)16-14(12-17)20-11-7-6-10-15(20)18-16/h6-7,10-11,13H,2-5,8-9,12H2,1H3. The molecule has 0 aliphatic heterocycles. The summed E-state index contributed by atoms with van der Waals surface area (Å²) in [7, 11) is 2.21. The Labute approximate surface area is 129 Å². The molecule has 0 bridgehead atoms. The second-order valence-electron chi connectivity index (χ2n) is 5.70. The number of nitrogens with zero attached hydrogens (tertiary/aromatic N) is 3. The van der Waals surface area contributed by atoms with Gasteiger partial charge in [-0.3, -0.25) is 0 Å². The zero-order chi connectivity index (χ0) is 13.9. The summed E-state index contributed by atoms with van der Waals surface area (Å²) in [6.07, 6.45) is 10.2. The first-order valence-corrected chi connectivity index (χ1v) is 8.68. The van der Waals surface area contributed by atoms with E-state index >= 15 is 0 Å². The van der Waals surface area contributed by atoms with Crippen LogP contribution in [0.2, 0.25) is 0 Å². The van der Waals surface area contributed by atoms with E-state index in [9.17, 15) is 0 Å². The number of anilines is 1. The van der Waals surface area contributed by atoms with Crippen molar-refractivity contribution in [3.8, 4) is 0 Å². The zero-order valence-electron chi connectivity index (χ0n) is 12.1. The molecule has 0 unspecified atom stereocenters. The summed E-state index contributed by atoms with van der Waals surface area (Å²) in [5.41, 5.74) is 2.30. The van der Waals surface area contributed by atoms with Crippen LogP contribution in [-0.2, 0) is 5.33 Å². The van der Waals surface area contributed by atoms with Crippen LogP contribution in [0.3, 0.4) is 0 Å². The molecule has 3 rings (SSSR count). The first kappa shape index (κ1) is 13.9. The van der Waals surface area contributed by atoms with Gasteiger partial charge in [0.1, 0.15) is 5.65 Å². The fraction of sp³-hybridized carbons (Fsp3) is 0.562. The maximum absolute atomic E-state index is 4.85. The number of fused-ring (bicyclic) bond motifs is 1. The number of rotatable bonds is 3. The van der Waals surface area contributed by atoms with Gasteiger partial charge >= 0.3 is 0 Å². The fourth-order valence-corrected chi connectivity index (χ4v) is 3.78. The van der Waals surface area contributed by atoms with E-state index < -0.39 is 0 Å². The minimum absolute atomic E-state index is 0.639. The van der Waals surface area contributed by atoms with Crippen molar-refractivity contribution in [2.75, 3.05) is 11.9 Å². The van der Waals surface area contributed by atoms with Crippen molar-refractivity contribution in [1.82, 2.24) is 9.38 Å². The highest BCUT2D eigenvalue weighted by Crippen LogP contribution is 2.29. The molecule has 2 heterocycles. The molecular weight excluding hydrogens is 314 g/mol. The lowest BCUT2D eigenvalue weighted by molar-refractivity contribution is 0.549. The van der Waals surface area contributed by atoms with Gasteiger partial charge in [-0.25, -0.2) is 4.98 Å². The van der Waals surface area contributed by atoms with Crippen LogP contribution in [0.5, 0.6) is 0 Å². The molecule has 3 nitrogen and oxygen atoms in total. The Balaban J connectivity index is 1.95. The number of hydrogen-bond acceptors (Lipinski definition) is 2. The molecule has 0 atom stereocenters. The van der Waals surface area contributed by atoms with E-state index in [1.54, 1.807) is 0 Å². The molecule has 0 N–H and O–H groups in total. The van der Waals surface area contributed by atoms with E-state index in [1.807, 2.05) is 0 Å². The molecule has 1 saturated carbocycles. The van der Waals surface area contributed by atoms with Crippen LogP contribution in [0.15, 0.2) is 24.4 Å². The van der Waals surface area contributed by atoms with Gasteiger partial charge in [-0.15, -0.1) is 0 Å². The first-order chi connectivity index (χ1) is 9.81. The Bertz CT molecular complexity index is 570. The highest BCUT2D eigenvalue weighted by molar-refractivity contribution is 9.08. The topological polar surface area (TPSA) is 20.5 Å². The molecule has 0 saturated heterocycles. The number of halogens is 1. The van der Waals surface area contributed by atoms with Crippen molar-refractivity contribution in [3.05, 3.63) is 30.1 Å². The van der Waals surface area contributed by atoms with Gasteiger partial charge in [0.25, 0.3) is 0 Å². The van der Waals surface area contributed by atoms with Gasteiger partial charge in [0.15, 0.2) is 5.82 Å². The van der Waals surface area contributed by atoms with Gasteiger partial charge in [0.2, 0.25) is 0 Å². The van der Waals surface area contributed by atoms with Gasteiger partial charge in [-0.2, -0.15) is 0 Å². The average molecular weight is 336 g/mol. The summed E-state index contributed by atoms with van der Waals surface area (Å²) < 4.78 is 2.19. The Morgan fingerprint density at radius 1 is 1.25 bits per heavy atom. The fourth-order valence-electron chi connectivity index (χ4n) is 3.26. The Kier molecular flexibility index (Phi) is 4.29. The minimum atomic E-state index is 0.639. The van der Waals surface area contributed by atoms with Crippen LogP contribution in [0, 0.1) is 0 Å². The molecule has 2 aromatic heterocycles. The van der Waals surface area contributed by atoms with E-state index in [-0.39, 0.29) is 0 Å². The van der Waals surface area contributed by atoms with E-state index in [4.69, 9.17) is 4.98 Å². The van der Waals surface area contributed by atoms with Crippen molar-refractivity contribution in [3.63, 3.8) is 0 Å². The molecule has 0 spiro atoms. The van der Waals surface area contributed by atoms with E-state index in [2.05, 4.69) is 56.7 Å². The van der Waals surface area contributed by atoms with E-state index in [0.29, 0.717) is 6.04 Å². The smallest absolute Gasteiger partial charge is 0.152 e. The number of alkyl halides is 1. The van der Waals surface area contributed by atoms with Gasteiger partial charge in [-0.05, 0) is 25.0 Å². The number of aromatic nitrogens is 2. The third kappa shape index (κ3) is 2.58. The third-order valence-corrected chi connectivity index (χ3v) is 4.97.